The van der Waals surface area contributed by atoms with Gasteiger partial charge in [0.2, 0.25) is 0 Å². The maximum absolute atomic E-state index is 6.42. The molecule has 4 heteroatoms. The summed E-state index contributed by atoms with van der Waals surface area (Å²) in [6.07, 6.45) is 1.83. The number of hydrogen-bond acceptors (Lipinski definition) is 2. The van der Waals surface area contributed by atoms with Crippen LogP contribution in [0.1, 0.15) is 12.5 Å². The third-order valence-corrected chi connectivity index (χ3v) is 3.64. The van der Waals surface area contributed by atoms with Gasteiger partial charge in [0.05, 0.1) is 21.7 Å². The van der Waals surface area contributed by atoms with Crippen molar-refractivity contribution >= 4 is 22.6 Å². The maximum Gasteiger partial charge on any atom is 0.100 e. The van der Waals surface area contributed by atoms with Gasteiger partial charge in [-0.25, -0.2) is 4.98 Å². The van der Waals surface area contributed by atoms with E-state index in [1.54, 1.807) is 0 Å². The first kappa shape index (κ1) is 13.2. The molecule has 2 aromatic carbocycles. The molecule has 3 nitrogen and oxygen atoms in total. The van der Waals surface area contributed by atoms with Crippen molar-refractivity contribution in [2.45, 2.75) is 13.5 Å². The molecule has 0 saturated heterocycles. The Kier molecular flexibility index (Phi) is 3.72. The SMILES string of the molecule is CCNCc1cccc(Cl)c1-n1cnc2ccccc21. The fourth-order valence-corrected chi connectivity index (χ4v) is 2.65. The Morgan fingerprint density at radius 3 is 2.85 bits per heavy atom. The van der Waals surface area contributed by atoms with Gasteiger partial charge >= 0.3 is 0 Å². The van der Waals surface area contributed by atoms with Crippen molar-refractivity contribution in [2.75, 3.05) is 6.54 Å². The molecule has 1 N–H and O–H groups in total. The fourth-order valence-electron chi connectivity index (χ4n) is 2.37. The topological polar surface area (TPSA) is 29.9 Å². The highest BCUT2D eigenvalue weighted by atomic mass is 35.5. The number of para-hydroxylation sites is 3. The highest BCUT2D eigenvalue weighted by Crippen LogP contribution is 2.27. The van der Waals surface area contributed by atoms with Crippen LogP contribution in [-0.4, -0.2) is 16.1 Å². The average molecular weight is 286 g/mol. The van der Waals surface area contributed by atoms with Gasteiger partial charge in [-0.05, 0) is 30.3 Å². The van der Waals surface area contributed by atoms with Crippen molar-refractivity contribution < 1.29 is 0 Å². The Morgan fingerprint density at radius 1 is 1.15 bits per heavy atom. The van der Waals surface area contributed by atoms with Crippen LogP contribution in [0.5, 0.6) is 0 Å². The average Bonchev–Trinajstić information content (AvgIpc) is 2.89. The van der Waals surface area contributed by atoms with Crippen molar-refractivity contribution in [2.24, 2.45) is 0 Å². The van der Waals surface area contributed by atoms with Crippen LogP contribution in [0, 0.1) is 0 Å². The summed E-state index contributed by atoms with van der Waals surface area (Å²) in [6.45, 7) is 3.81. The molecule has 3 aromatic rings. The molecule has 1 heterocycles. The van der Waals surface area contributed by atoms with Gasteiger partial charge in [-0.2, -0.15) is 0 Å². The van der Waals surface area contributed by atoms with Gasteiger partial charge < -0.3 is 5.32 Å². The van der Waals surface area contributed by atoms with Crippen LogP contribution >= 0.6 is 11.6 Å². The van der Waals surface area contributed by atoms with E-state index in [-0.39, 0.29) is 0 Å². The summed E-state index contributed by atoms with van der Waals surface area (Å²) in [5.74, 6) is 0. The molecule has 0 radical (unpaired) electrons. The molecular weight excluding hydrogens is 270 g/mol. The highest BCUT2D eigenvalue weighted by molar-refractivity contribution is 6.32. The van der Waals surface area contributed by atoms with E-state index in [1.807, 2.05) is 36.7 Å². The summed E-state index contributed by atoms with van der Waals surface area (Å²) in [5, 5.41) is 4.09. The number of fused-ring (bicyclic) bond motifs is 1. The van der Waals surface area contributed by atoms with E-state index in [0.717, 1.165) is 34.8 Å². The lowest BCUT2D eigenvalue weighted by Crippen LogP contribution is -2.14. The Hall–Kier alpha value is -1.84. The Bertz CT molecular complexity index is 733. The minimum atomic E-state index is 0.739. The molecule has 20 heavy (non-hydrogen) atoms. The van der Waals surface area contributed by atoms with E-state index < -0.39 is 0 Å². The molecule has 0 fully saturated rings. The highest BCUT2D eigenvalue weighted by Gasteiger charge is 2.11. The number of aromatic nitrogens is 2. The van der Waals surface area contributed by atoms with Crippen LogP contribution in [0.15, 0.2) is 48.8 Å². The summed E-state index contributed by atoms with van der Waals surface area (Å²) in [7, 11) is 0. The summed E-state index contributed by atoms with van der Waals surface area (Å²) in [6, 6.07) is 14.1. The van der Waals surface area contributed by atoms with E-state index in [9.17, 15) is 0 Å². The Balaban J connectivity index is 2.18. The number of nitrogens with one attached hydrogen (secondary N) is 1. The zero-order valence-electron chi connectivity index (χ0n) is 11.3. The Morgan fingerprint density at radius 2 is 2.00 bits per heavy atom. The second kappa shape index (κ2) is 5.65. The predicted molar refractivity (Wildman–Crippen MR) is 83.5 cm³/mol. The van der Waals surface area contributed by atoms with Gasteiger partial charge in [-0.3, -0.25) is 4.57 Å². The number of rotatable bonds is 4. The van der Waals surface area contributed by atoms with E-state index in [1.165, 1.54) is 5.56 Å². The van der Waals surface area contributed by atoms with Gasteiger partial charge in [0, 0.05) is 6.54 Å². The number of imidazole rings is 1. The number of hydrogen-bond donors (Lipinski definition) is 1. The Labute approximate surface area is 123 Å². The third kappa shape index (κ3) is 2.30. The zero-order chi connectivity index (χ0) is 13.9. The van der Waals surface area contributed by atoms with Crippen LogP contribution < -0.4 is 5.32 Å². The number of benzene rings is 2. The normalized spacial score (nSPS) is 11.1. The molecule has 0 saturated carbocycles. The second-order valence-electron chi connectivity index (χ2n) is 4.63. The second-order valence-corrected chi connectivity index (χ2v) is 5.04. The predicted octanol–water partition coefficient (Wildman–Crippen LogP) is 3.79. The van der Waals surface area contributed by atoms with Crippen molar-refractivity contribution in [1.82, 2.24) is 14.9 Å². The fraction of sp³-hybridized carbons (Fsp3) is 0.188. The summed E-state index contributed by atoms with van der Waals surface area (Å²) < 4.78 is 2.06. The lowest BCUT2D eigenvalue weighted by atomic mass is 10.1. The van der Waals surface area contributed by atoms with Gasteiger partial charge in [0.1, 0.15) is 6.33 Å². The lowest BCUT2D eigenvalue weighted by molar-refractivity contribution is 0.723. The lowest BCUT2D eigenvalue weighted by Gasteiger charge is -2.13. The molecular formula is C16H16ClN3. The van der Waals surface area contributed by atoms with E-state index in [4.69, 9.17) is 11.6 Å². The van der Waals surface area contributed by atoms with Gasteiger partial charge in [-0.1, -0.05) is 42.8 Å². The summed E-state index contributed by atoms with van der Waals surface area (Å²) >= 11 is 6.42. The van der Waals surface area contributed by atoms with Crippen LogP contribution in [0.4, 0.5) is 0 Å². The molecule has 0 aliphatic heterocycles. The molecule has 0 unspecified atom stereocenters. The monoisotopic (exact) mass is 285 g/mol. The largest absolute Gasteiger partial charge is 0.313 e. The number of halogens is 1. The smallest absolute Gasteiger partial charge is 0.100 e. The van der Waals surface area contributed by atoms with Crippen LogP contribution in [0.25, 0.3) is 16.7 Å². The molecule has 0 bridgehead atoms. The van der Waals surface area contributed by atoms with E-state index in [0.29, 0.717) is 0 Å². The molecule has 0 aliphatic rings. The molecule has 1 aromatic heterocycles. The summed E-state index contributed by atoms with van der Waals surface area (Å²) in [4.78, 5) is 4.44. The first-order valence-electron chi connectivity index (χ1n) is 6.72. The zero-order valence-corrected chi connectivity index (χ0v) is 12.1. The quantitative estimate of drug-likeness (QED) is 0.790. The maximum atomic E-state index is 6.42. The molecule has 0 atom stereocenters. The molecule has 0 amide bonds. The standard InChI is InChI=1S/C16H16ClN3/c1-2-18-10-12-6-5-7-13(17)16(12)20-11-19-14-8-3-4-9-15(14)20/h3-9,11,18H,2,10H2,1H3. The first-order chi connectivity index (χ1) is 9.81. The van der Waals surface area contributed by atoms with Gasteiger partial charge in [0.15, 0.2) is 0 Å². The summed E-state index contributed by atoms with van der Waals surface area (Å²) in [5.41, 5.74) is 4.21. The number of nitrogens with zero attached hydrogens (tertiary/aromatic N) is 2. The van der Waals surface area contributed by atoms with Gasteiger partial charge in [0.25, 0.3) is 0 Å². The van der Waals surface area contributed by atoms with Crippen molar-refractivity contribution in [1.29, 1.82) is 0 Å². The van der Waals surface area contributed by atoms with Crippen molar-refractivity contribution in [3.05, 3.63) is 59.4 Å². The van der Waals surface area contributed by atoms with Gasteiger partial charge in [-0.15, -0.1) is 0 Å². The molecule has 0 spiro atoms. The minimum absolute atomic E-state index is 0.739. The van der Waals surface area contributed by atoms with Crippen molar-refractivity contribution in [3.63, 3.8) is 0 Å². The van der Waals surface area contributed by atoms with Crippen LogP contribution in [0.2, 0.25) is 5.02 Å². The van der Waals surface area contributed by atoms with Crippen molar-refractivity contribution in [3.8, 4) is 5.69 Å². The third-order valence-electron chi connectivity index (χ3n) is 3.33. The van der Waals surface area contributed by atoms with E-state index >= 15 is 0 Å². The van der Waals surface area contributed by atoms with Crippen LogP contribution in [-0.2, 0) is 6.54 Å². The molecule has 0 aliphatic carbocycles. The minimum Gasteiger partial charge on any atom is -0.313 e. The van der Waals surface area contributed by atoms with E-state index in [2.05, 4.69) is 33.9 Å². The molecule has 102 valence electrons. The van der Waals surface area contributed by atoms with Crippen LogP contribution in [0.3, 0.4) is 0 Å². The molecule has 3 rings (SSSR count). The first-order valence-corrected chi connectivity index (χ1v) is 7.09.